The summed E-state index contributed by atoms with van der Waals surface area (Å²) in [4.78, 5) is 26.9. The lowest BCUT2D eigenvalue weighted by molar-refractivity contribution is -0.125. The first-order valence-corrected chi connectivity index (χ1v) is 11.3. The van der Waals surface area contributed by atoms with Crippen molar-refractivity contribution in [2.24, 2.45) is 5.92 Å². The second-order valence-corrected chi connectivity index (χ2v) is 9.23. The van der Waals surface area contributed by atoms with E-state index in [2.05, 4.69) is 41.4 Å². The minimum Gasteiger partial charge on any atom is -0.359 e. The molecule has 0 radical (unpaired) electrons. The molecule has 1 fully saturated rings. The van der Waals surface area contributed by atoms with Gasteiger partial charge in [0.15, 0.2) is 0 Å². The van der Waals surface area contributed by atoms with Gasteiger partial charge in [-0.1, -0.05) is 29.8 Å². The monoisotopic (exact) mass is 406 g/mol. The van der Waals surface area contributed by atoms with E-state index in [4.69, 9.17) is 9.97 Å². The van der Waals surface area contributed by atoms with E-state index in [1.165, 1.54) is 27.8 Å². The zero-order valence-corrected chi connectivity index (χ0v) is 17.8. The fourth-order valence-electron chi connectivity index (χ4n) is 4.59. The number of carbonyl (C=O) groups is 1. The number of piperidine rings is 1. The number of rotatable bonds is 3. The summed E-state index contributed by atoms with van der Waals surface area (Å²) >= 11 is 1.84. The zero-order chi connectivity index (χ0) is 20.0. The smallest absolute Gasteiger partial charge is 0.227 e. The molecule has 1 saturated heterocycles. The second-order valence-electron chi connectivity index (χ2n) is 8.15. The number of fused-ring (bicyclic) bond motifs is 3. The minimum absolute atomic E-state index is 0.0992. The summed E-state index contributed by atoms with van der Waals surface area (Å²) in [5.74, 6) is 1.06. The van der Waals surface area contributed by atoms with E-state index in [1.54, 1.807) is 7.05 Å². The number of nitrogens with one attached hydrogen (secondary N) is 1. The van der Waals surface area contributed by atoms with Crippen molar-refractivity contribution in [3.63, 3.8) is 0 Å². The van der Waals surface area contributed by atoms with E-state index in [0.717, 1.165) is 60.8 Å². The number of hydrogen-bond acceptors (Lipinski definition) is 5. The van der Waals surface area contributed by atoms with Gasteiger partial charge in [-0.2, -0.15) is 0 Å². The van der Waals surface area contributed by atoms with Gasteiger partial charge >= 0.3 is 0 Å². The maximum Gasteiger partial charge on any atom is 0.227 e. The molecule has 5 rings (SSSR count). The molecule has 29 heavy (non-hydrogen) atoms. The van der Waals surface area contributed by atoms with Crippen LogP contribution in [-0.2, 0) is 17.6 Å². The Morgan fingerprint density at radius 3 is 2.62 bits per heavy atom. The Hall–Kier alpha value is -2.47. The maximum atomic E-state index is 12.0. The van der Waals surface area contributed by atoms with Crippen LogP contribution in [0.3, 0.4) is 0 Å². The maximum absolute atomic E-state index is 12.0. The fourth-order valence-corrected chi connectivity index (χ4v) is 5.85. The second kappa shape index (κ2) is 7.41. The largest absolute Gasteiger partial charge is 0.359 e. The number of benzene rings is 1. The third-order valence-electron chi connectivity index (χ3n) is 6.27. The summed E-state index contributed by atoms with van der Waals surface area (Å²) in [6, 6.07) is 8.67. The van der Waals surface area contributed by atoms with Gasteiger partial charge in [0.2, 0.25) is 11.9 Å². The average Bonchev–Trinajstić information content (AvgIpc) is 3.34. The van der Waals surface area contributed by atoms with Gasteiger partial charge in [0.05, 0.1) is 5.69 Å². The minimum atomic E-state index is 0.0992. The topological polar surface area (TPSA) is 58.1 Å². The molecule has 1 aliphatic carbocycles. The first-order chi connectivity index (χ1) is 14.1. The number of anilines is 1. The molecule has 6 heteroatoms. The number of aromatic nitrogens is 2. The van der Waals surface area contributed by atoms with E-state index < -0.39 is 0 Å². The lowest BCUT2D eigenvalue weighted by Crippen LogP contribution is -2.40. The zero-order valence-electron chi connectivity index (χ0n) is 17.0. The van der Waals surface area contributed by atoms with Crippen LogP contribution in [0.1, 0.15) is 35.3 Å². The predicted molar refractivity (Wildman–Crippen MR) is 119 cm³/mol. The first-order valence-electron chi connectivity index (χ1n) is 10.5. The Bertz CT molecular complexity index is 1060. The first kappa shape index (κ1) is 18.6. The van der Waals surface area contributed by atoms with E-state index in [1.807, 2.05) is 11.3 Å². The van der Waals surface area contributed by atoms with Gasteiger partial charge < -0.3 is 10.2 Å². The molecule has 3 heterocycles. The summed E-state index contributed by atoms with van der Waals surface area (Å²) in [6.07, 6.45) is 5.23. The highest BCUT2D eigenvalue weighted by atomic mass is 32.1. The quantitative estimate of drug-likeness (QED) is 0.711. The van der Waals surface area contributed by atoms with Crippen LogP contribution in [0.15, 0.2) is 24.3 Å². The van der Waals surface area contributed by atoms with E-state index in [9.17, 15) is 4.79 Å². The van der Waals surface area contributed by atoms with Gasteiger partial charge in [-0.15, -0.1) is 11.3 Å². The molecule has 0 unspecified atom stereocenters. The van der Waals surface area contributed by atoms with Gasteiger partial charge in [-0.3, -0.25) is 4.79 Å². The number of thiophene rings is 1. The lowest BCUT2D eigenvalue weighted by atomic mass is 9.96. The highest BCUT2D eigenvalue weighted by molar-refractivity contribution is 7.19. The molecule has 0 saturated carbocycles. The molecule has 2 aliphatic rings. The molecule has 1 aliphatic heterocycles. The molecule has 3 aromatic rings. The van der Waals surface area contributed by atoms with Crippen LogP contribution in [0.5, 0.6) is 0 Å². The Labute approximate surface area is 175 Å². The number of hydrogen-bond donors (Lipinski definition) is 1. The highest BCUT2D eigenvalue weighted by Gasteiger charge is 2.28. The van der Waals surface area contributed by atoms with Crippen LogP contribution in [-0.4, -0.2) is 36.0 Å². The predicted octanol–water partition coefficient (Wildman–Crippen LogP) is 4.12. The van der Waals surface area contributed by atoms with Gasteiger partial charge in [-0.25, -0.2) is 9.97 Å². The number of aryl methyl sites for hydroxylation is 3. The Morgan fingerprint density at radius 1 is 1.14 bits per heavy atom. The van der Waals surface area contributed by atoms with Crippen LogP contribution in [0, 0.1) is 12.8 Å². The SMILES string of the molecule is CNC(=O)C1CCN(c2nc(-c3ccc(C)cc3)c3c4c(sc3n2)CCC4)CC1. The van der Waals surface area contributed by atoms with Gasteiger partial charge in [0.1, 0.15) is 4.83 Å². The van der Waals surface area contributed by atoms with E-state index >= 15 is 0 Å². The third kappa shape index (κ3) is 3.29. The molecule has 1 aromatic carbocycles. The third-order valence-corrected chi connectivity index (χ3v) is 7.46. The van der Waals surface area contributed by atoms with E-state index in [0.29, 0.717) is 0 Å². The number of amides is 1. The van der Waals surface area contributed by atoms with Crippen LogP contribution >= 0.6 is 11.3 Å². The molecule has 2 aromatic heterocycles. The molecule has 0 atom stereocenters. The lowest BCUT2D eigenvalue weighted by Gasteiger charge is -2.31. The summed E-state index contributed by atoms with van der Waals surface area (Å²) in [6.45, 7) is 3.76. The van der Waals surface area contributed by atoms with Crippen molar-refractivity contribution in [1.29, 1.82) is 0 Å². The van der Waals surface area contributed by atoms with Crippen molar-refractivity contribution in [3.05, 3.63) is 40.3 Å². The molecule has 150 valence electrons. The van der Waals surface area contributed by atoms with Crippen molar-refractivity contribution in [2.45, 2.75) is 39.0 Å². The van der Waals surface area contributed by atoms with Crippen molar-refractivity contribution >= 4 is 33.4 Å². The van der Waals surface area contributed by atoms with Crippen LogP contribution < -0.4 is 10.2 Å². The molecule has 1 amide bonds. The van der Waals surface area contributed by atoms with Crippen molar-refractivity contribution in [1.82, 2.24) is 15.3 Å². The normalized spacial score (nSPS) is 17.0. The molecular formula is C23H26N4OS. The van der Waals surface area contributed by atoms with Gasteiger partial charge in [0.25, 0.3) is 0 Å². The number of nitrogens with zero attached hydrogens (tertiary/aromatic N) is 3. The summed E-state index contributed by atoms with van der Waals surface area (Å²) in [5, 5.41) is 4.04. The Kier molecular flexibility index (Phi) is 4.74. The van der Waals surface area contributed by atoms with E-state index in [-0.39, 0.29) is 11.8 Å². The number of carbonyl (C=O) groups excluding carboxylic acids is 1. The van der Waals surface area contributed by atoms with Crippen molar-refractivity contribution in [2.75, 3.05) is 25.0 Å². The van der Waals surface area contributed by atoms with Gasteiger partial charge in [0, 0.05) is 41.9 Å². The Morgan fingerprint density at radius 2 is 1.90 bits per heavy atom. The van der Waals surface area contributed by atoms with Crippen LogP contribution in [0.4, 0.5) is 5.95 Å². The molecule has 5 nitrogen and oxygen atoms in total. The molecule has 1 N–H and O–H groups in total. The summed E-state index contributed by atoms with van der Waals surface area (Å²) < 4.78 is 0. The summed E-state index contributed by atoms with van der Waals surface area (Å²) in [7, 11) is 1.72. The average molecular weight is 407 g/mol. The van der Waals surface area contributed by atoms with Gasteiger partial charge in [-0.05, 0) is 44.6 Å². The van der Waals surface area contributed by atoms with Crippen molar-refractivity contribution in [3.8, 4) is 11.3 Å². The molecular weight excluding hydrogens is 380 g/mol. The molecule has 0 spiro atoms. The Balaban J connectivity index is 1.56. The standard InChI is InChI=1S/C23H26N4OS/c1-14-6-8-15(9-7-14)20-19-17-4-3-5-18(17)29-22(19)26-23(25-20)27-12-10-16(11-13-27)21(28)24-2/h6-9,16H,3-5,10-13H2,1-2H3,(H,24,28). The fraction of sp³-hybridized carbons (Fsp3) is 0.435. The highest BCUT2D eigenvalue weighted by Crippen LogP contribution is 2.41. The van der Waals surface area contributed by atoms with Crippen molar-refractivity contribution < 1.29 is 4.79 Å². The summed E-state index contributed by atoms with van der Waals surface area (Å²) in [5.41, 5.74) is 4.95. The van der Waals surface area contributed by atoms with Crippen LogP contribution in [0.25, 0.3) is 21.5 Å². The molecule has 0 bridgehead atoms. The van der Waals surface area contributed by atoms with Crippen LogP contribution in [0.2, 0.25) is 0 Å².